The van der Waals surface area contributed by atoms with Gasteiger partial charge in [-0.15, -0.1) is 0 Å². The van der Waals surface area contributed by atoms with Crippen molar-refractivity contribution in [3.8, 4) is 0 Å². The molecule has 3 fully saturated rings. The summed E-state index contributed by atoms with van der Waals surface area (Å²) in [4.78, 5) is 0. The zero-order valence-corrected chi connectivity index (χ0v) is 14.9. The van der Waals surface area contributed by atoms with E-state index in [9.17, 15) is 10.2 Å². The van der Waals surface area contributed by atoms with E-state index in [1.165, 1.54) is 24.8 Å². The topological polar surface area (TPSA) is 66.5 Å². The van der Waals surface area contributed by atoms with Gasteiger partial charge in [-0.25, -0.2) is 0 Å². The minimum atomic E-state index is -0.239. The highest BCUT2D eigenvalue weighted by Crippen LogP contribution is 2.63. The number of hydrogen-bond donors (Lipinski definition) is 3. The third kappa shape index (κ3) is 2.60. The minimum absolute atomic E-state index is 0.114. The third-order valence-corrected chi connectivity index (χ3v) is 8.24. The van der Waals surface area contributed by atoms with Gasteiger partial charge < -0.3 is 15.9 Å². The first-order chi connectivity index (χ1) is 10.9. The van der Waals surface area contributed by atoms with E-state index in [2.05, 4.69) is 20.4 Å². The van der Waals surface area contributed by atoms with Gasteiger partial charge >= 0.3 is 0 Å². The van der Waals surface area contributed by atoms with Crippen molar-refractivity contribution in [2.45, 2.75) is 64.9 Å². The van der Waals surface area contributed by atoms with Gasteiger partial charge in [-0.3, -0.25) is 0 Å². The van der Waals surface area contributed by atoms with E-state index in [-0.39, 0.29) is 29.5 Å². The molecule has 0 bridgehead atoms. The van der Waals surface area contributed by atoms with E-state index in [0.29, 0.717) is 17.8 Å². The van der Waals surface area contributed by atoms with Crippen LogP contribution in [0.5, 0.6) is 0 Å². The first-order valence-corrected chi connectivity index (χ1v) is 9.54. The van der Waals surface area contributed by atoms with Gasteiger partial charge in [0, 0.05) is 6.61 Å². The molecule has 7 unspecified atom stereocenters. The number of aliphatic hydroxyl groups is 2. The molecule has 7 atom stereocenters. The Morgan fingerprint density at radius 2 is 1.91 bits per heavy atom. The van der Waals surface area contributed by atoms with Crippen LogP contribution < -0.4 is 5.73 Å². The van der Waals surface area contributed by atoms with Crippen molar-refractivity contribution >= 4 is 0 Å². The summed E-state index contributed by atoms with van der Waals surface area (Å²) in [5, 5.41) is 20.0. The lowest BCUT2D eigenvalue weighted by molar-refractivity contribution is -0.0916. The fraction of sp³-hybridized carbons (Fsp3) is 0.900. The molecule has 0 saturated heterocycles. The SMILES string of the molecule is C=C1CCC2C(CN)C(C3(C)CCC(O)CC3CO)CCC12C. The van der Waals surface area contributed by atoms with Crippen LogP contribution in [0.2, 0.25) is 0 Å². The second-order valence-corrected chi connectivity index (χ2v) is 9.02. The molecule has 3 rings (SSSR count). The van der Waals surface area contributed by atoms with Crippen molar-refractivity contribution in [3.63, 3.8) is 0 Å². The molecular weight excluding hydrogens is 286 g/mol. The largest absolute Gasteiger partial charge is 0.396 e. The van der Waals surface area contributed by atoms with Gasteiger partial charge in [0.05, 0.1) is 6.10 Å². The summed E-state index contributed by atoms with van der Waals surface area (Å²) in [6, 6.07) is 0. The Hall–Kier alpha value is -0.380. The lowest BCUT2D eigenvalue weighted by Gasteiger charge is -2.56. The molecule has 0 aliphatic heterocycles. The second-order valence-electron chi connectivity index (χ2n) is 9.02. The summed E-state index contributed by atoms with van der Waals surface area (Å²) in [6.07, 6.45) is 7.19. The van der Waals surface area contributed by atoms with E-state index >= 15 is 0 Å². The molecule has 0 aromatic rings. The van der Waals surface area contributed by atoms with Crippen LogP contribution in [-0.4, -0.2) is 29.5 Å². The van der Waals surface area contributed by atoms with Gasteiger partial charge in [0.15, 0.2) is 0 Å². The molecule has 3 aliphatic carbocycles. The van der Waals surface area contributed by atoms with Gasteiger partial charge in [0.2, 0.25) is 0 Å². The van der Waals surface area contributed by atoms with Crippen LogP contribution in [0.3, 0.4) is 0 Å². The van der Waals surface area contributed by atoms with Crippen LogP contribution in [0.15, 0.2) is 12.2 Å². The second kappa shape index (κ2) is 6.16. The highest BCUT2D eigenvalue weighted by molar-refractivity contribution is 5.20. The van der Waals surface area contributed by atoms with Gasteiger partial charge in [0.1, 0.15) is 0 Å². The maximum Gasteiger partial charge on any atom is 0.0544 e. The normalized spacial score (nSPS) is 50.8. The van der Waals surface area contributed by atoms with Crippen LogP contribution in [-0.2, 0) is 0 Å². The highest BCUT2D eigenvalue weighted by Gasteiger charge is 2.56. The molecule has 3 nitrogen and oxygen atoms in total. The van der Waals surface area contributed by atoms with Crippen LogP contribution in [0.25, 0.3) is 0 Å². The average Bonchev–Trinajstić information content (AvgIpc) is 2.84. The summed E-state index contributed by atoms with van der Waals surface area (Å²) in [6.45, 7) is 10.1. The fourth-order valence-corrected chi connectivity index (χ4v) is 6.51. The predicted octanol–water partition coefficient (Wildman–Crippen LogP) is 3.10. The zero-order valence-electron chi connectivity index (χ0n) is 14.9. The first-order valence-electron chi connectivity index (χ1n) is 9.54. The maximum absolute atomic E-state index is 10.0. The molecule has 0 spiro atoms. The monoisotopic (exact) mass is 321 g/mol. The van der Waals surface area contributed by atoms with E-state index in [4.69, 9.17) is 5.73 Å². The summed E-state index contributed by atoms with van der Waals surface area (Å²) < 4.78 is 0. The van der Waals surface area contributed by atoms with Gasteiger partial charge in [-0.05, 0) is 86.0 Å². The van der Waals surface area contributed by atoms with Crippen molar-refractivity contribution in [1.29, 1.82) is 0 Å². The van der Waals surface area contributed by atoms with Crippen molar-refractivity contribution < 1.29 is 10.2 Å². The maximum atomic E-state index is 10.0. The number of hydrogen-bond acceptors (Lipinski definition) is 3. The van der Waals surface area contributed by atoms with E-state index in [1.807, 2.05) is 0 Å². The predicted molar refractivity (Wildman–Crippen MR) is 93.8 cm³/mol. The van der Waals surface area contributed by atoms with Crippen molar-refractivity contribution in [3.05, 3.63) is 12.2 Å². The zero-order chi connectivity index (χ0) is 16.8. The van der Waals surface area contributed by atoms with Crippen molar-refractivity contribution in [1.82, 2.24) is 0 Å². The molecule has 0 radical (unpaired) electrons. The van der Waals surface area contributed by atoms with Gasteiger partial charge in [-0.1, -0.05) is 26.0 Å². The molecule has 3 heteroatoms. The Morgan fingerprint density at radius 3 is 2.57 bits per heavy atom. The molecule has 23 heavy (non-hydrogen) atoms. The minimum Gasteiger partial charge on any atom is -0.396 e. The van der Waals surface area contributed by atoms with E-state index in [1.54, 1.807) is 0 Å². The van der Waals surface area contributed by atoms with Gasteiger partial charge in [-0.2, -0.15) is 0 Å². The summed E-state index contributed by atoms with van der Waals surface area (Å²) in [5.74, 6) is 1.96. The number of fused-ring (bicyclic) bond motifs is 1. The van der Waals surface area contributed by atoms with Crippen LogP contribution >= 0.6 is 0 Å². The Labute approximate surface area is 141 Å². The van der Waals surface area contributed by atoms with E-state index < -0.39 is 0 Å². The molecule has 0 aromatic carbocycles. The van der Waals surface area contributed by atoms with Gasteiger partial charge in [0.25, 0.3) is 0 Å². The summed E-state index contributed by atoms with van der Waals surface area (Å²) in [7, 11) is 0. The molecule has 3 saturated carbocycles. The standard InChI is InChI=1S/C20H35NO2/c1-13-4-5-17-16(11-21)18(7-9-19(13,17)2)20(3)8-6-15(23)10-14(20)12-22/h14-18,22-23H,1,4-12,21H2,2-3H3. The fourth-order valence-electron chi connectivity index (χ4n) is 6.51. The highest BCUT2D eigenvalue weighted by atomic mass is 16.3. The molecular formula is C20H35NO2. The Bertz CT molecular complexity index is 465. The molecule has 0 heterocycles. The Balaban J connectivity index is 1.89. The lowest BCUT2D eigenvalue weighted by atomic mass is 9.49. The molecule has 0 amide bonds. The summed E-state index contributed by atoms with van der Waals surface area (Å²) >= 11 is 0. The molecule has 4 N–H and O–H groups in total. The third-order valence-electron chi connectivity index (χ3n) is 8.24. The van der Waals surface area contributed by atoms with Crippen LogP contribution in [0, 0.1) is 34.5 Å². The molecule has 0 aromatic heterocycles. The quantitative estimate of drug-likeness (QED) is 0.700. The molecule has 132 valence electrons. The van der Waals surface area contributed by atoms with E-state index in [0.717, 1.165) is 32.2 Å². The molecule has 3 aliphatic rings. The van der Waals surface area contributed by atoms with Crippen molar-refractivity contribution in [2.75, 3.05) is 13.2 Å². The Morgan fingerprint density at radius 1 is 1.17 bits per heavy atom. The number of rotatable bonds is 3. The number of aliphatic hydroxyl groups excluding tert-OH is 2. The number of nitrogens with two attached hydrogens (primary N) is 1. The Kier molecular flexibility index (Phi) is 4.67. The lowest BCUT2D eigenvalue weighted by Crippen LogP contribution is -2.52. The first kappa shape index (κ1) is 17.4. The smallest absolute Gasteiger partial charge is 0.0544 e. The van der Waals surface area contributed by atoms with Crippen molar-refractivity contribution in [2.24, 2.45) is 40.2 Å². The van der Waals surface area contributed by atoms with Crippen LogP contribution in [0.4, 0.5) is 0 Å². The average molecular weight is 322 g/mol. The summed E-state index contributed by atoms with van der Waals surface area (Å²) in [5.41, 5.74) is 8.12. The van der Waals surface area contributed by atoms with Crippen LogP contribution in [0.1, 0.15) is 58.8 Å². The number of allylic oxidation sites excluding steroid dienone is 1.